The number of carbonyl (C=O) groups is 2. The van der Waals surface area contributed by atoms with Gasteiger partial charge in [0.1, 0.15) is 5.75 Å². The first-order chi connectivity index (χ1) is 15.6. The van der Waals surface area contributed by atoms with Gasteiger partial charge in [-0.15, -0.1) is 0 Å². The predicted octanol–water partition coefficient (Wildman–Crippen LogP) is 4.35. The molecule has 168 valence electrons. The standard InChI is InChI=1S/C25H29N3O4/c1-4-6-9-16-27-23(29)21(24(30)32-5-2)22(17-12-14-18(31-3)15-13-17)28-20-11-8-7-10-19(20)26-25(27)28/h7-8,10-15,21-22H,4-6,9,16H2,1-3H3/t21-,22-/m1/s1. The number of ether oxygens (including phenoxy) is 2. The molecule has 7 heteroatoms. The molecule has 0 aliphatic carbocycles. The van der Waals surface area contributed by atoms with Crippen LogP contribution in [0.25, 0.3) is 11.0 Å². The van der Waals surface area contributed by atoms with Gasteiger partial charge in [0.25, 0.3) is 0 Å². The second kappa shape index (κ2) is 9.42. The molecule has 2 atom stereocenters. The van der Waals surface area contributed by atoms with Crippen molar-refractivity contribution in [3.05, 3.63) is 54.1 Å². The minimum absolute atomic E-state index is 0.214. The Bertz CT molecular complexity index is 1110. The molecule has 1 aliphatic rings. The molecule has 1 aliphatic heterocycles. The van der Waals surface area contributed by atoms with Crippen molar-refractivity contribution >= 4 is 28.9 Å². The van der Waals surface area contributed by atoms with Crippen LogP contribution in [-0.4, -0.2) is 41.7 Å². The highest BCUT2D eigenvalue weighted by molar-refractivity contribution is 6.08. The van der Waals surface area contributed by atoms with Crippen molar-refractivity contribution in [3.8, 4) is 5.75 Å². The molecule has 32 heavy (non-hydrogen) atoms. The molecule has 0 N–H and O–H groups in total. The van der Waals surface area contributed by atoms with E-state index >= 15 is 0 Å². The summed E-state index contributed by atoms with van der Waals surface area (Å²) < 4.78 is 12.7. The Morgan fingerprint density at radius 3 is 2.50 bits per heavy atom. The fraction of sp³-hybridized carbons (Fsp3) is 0.400. The summed E-state index contributed by atoms with van der Waals surface area (Å²) in [7, 11) is 1.61. The molecule has 0 radical (unpaired) electrons. The Kier molecular flexibility index (Phi) is 6.44. The maximum atomic E-state index is 13.7. The molecule has 0 fully saturated rings. The Labute approximate surface area is 187 Å². The number of rotatable bonds is 8. The number of imidazole rings is 1. The van der Waals surface area contributed by atoms with Crippen LogP contribution >= 0.6 is 0 Å². The minimum Gasteiger partial charge on any atom is -0.497 e. The van der Waals surface area contributed by atoms with Gasteiger partial charge in [0.15, 0.2) is 5.92 Å². The highest BCUT2D eigenvalue weighted by atomic mass is 16.5. The zero-order valence-corrected chi connectivity index (χ0v) is 18.8. The third-order valence-electron chi connectivity index (χ3n) is 5.93. The van der Waals surface area contributed by atoms with Gasteiger partial charge in [0.05, 0.1) is 30.8 Å². The van der Waals surface area contributed by atoms with Gasteiger partial charge in [0.2, 0.25) is 11.9 Å². The monoisotopic (exact) mass is 435 g/mol. The van der Waals surface area contributed by atoms with Crippen LogP contribution in [0.2, 0.25) is 0 Å². The zero-order chi connectivity index (χ0) is 22.7. The number of methoxy groups -OCH3 is 1. The molecule has 3 aromatic rings. The summed E-state index contributed by atoms with van der Waals surface area (Å²) in [6.45, 7) is 4.60. The Balaban J connectivity index is 1.92. The molecule has 4 rings (SSSR count). The molecule has 7 nitrogen and oxygen atoms in total. The average Bonchev–Trinajstić information content (AvgIpc) is 3.19. The molecule has 1 aromatic heterocycles. The number of nitrogens with zero attached hydrogens (tertiary/aromatic N) is 3. The van der Waals surface area contributed by atoms with Crippen LogP contribution in [-0.2, 0) is 14.3 Å². The summed E-state index contributed by atoms with van der Waals surface area (Å²) in [6.07, 6.45) is 2.87. The second-order valence-corrected chi connectivity index (χ2v) is 7.92. The number of esters is 1. The molecule has 0 unspecified atom stereocenters. The number of unbranched alkanes of at least 4 members (excludes halogenated alkanes) is 2. The SMILES string of the molecule is CCCCCN1C(=O)[C@H](C(=O)OCC)[C@@H](c2ccc(OC)cc2)n2c1nc1ccccc12. The van der Waals surface area contributed by atoms with Crippen LogP contribution in [0.4, 0.5) is 5.95 Å². The summed E-state index contributed by atoms with van der Waals surface area (Å²) in [6, 6.07) is 14.7. The fourth-order valence-electron chi connectivity index (χ4n) is 4.38. The quantitative estimate of drug-likeness (QED) is 0.299. The van der Waals surface area contributed by atoms with Gasteiger partial charge in [0, 0.05) is 6.54 Å². The van der Waals surface area contributed by atoms with E-state index in [2.05, 4.69) is 6.92 Å². The molecule has 2 aromatic carbocycles. The van der Waals surface area contributed by atoms with Crippen LogP contribution in [0.1, 0.15) is 44.7 Å². The van der Waals surface area contributed by atoms with Crippen molar-refractivity contribution < 1.29 is 19.1 Å². The maximum Gasteiger partial charge on any atom is 0.321 e. The van der Waals surface area contributed by atoms with Gasteiger partial charge >= 0.3 is 5.97 Å². The van der Waals surface area contributed by atoms with Gasteiger partial charge in [-0.3, -0.25) is 14.5 Å². The summed E-state index contributed by atoms with van der Waals surface area (Å²) in [5.74, 6) is -0.477. The van der Waals surface area contributed by atoms with Crippen molar-refractivity contribution in [3.63, 3.8) is 0 Å². The van der Waals surface area contributed by atoms with Gasteiger partial charge in [-0.2, -0.15) is 0 Å². The average molecular weight is 436 g/mol. The lowest BCUT2D eigenvalue weighted by Gasteiger charge is -2.38. The molecular formula is C25H29N3O4. The van der Waals surface area contributed by atoms with Crippen molar-refractivity contribution in [2.24, 2.45) is 5.92 Å². The first kappa shape index (κ1) is 21.9. The molecule has 0 saturated heterocycles. The fourth-order valence-corrected chi connectivity index (χ4v) is 4.38. The molecule has 0 bridgehead atoms. The van der Waals surface area contributed by atoms with Crippen LogP contribution in [0.15, 0.2) is 48.5 Å². The van der Waals surface area contributed by atoms with E-state index < -0.39 is 17.9 Å². The second-order valence-electron chi connectivity index (χ2n) is 7.92. The van der Waals surface area contributed by atoms with Crippen LogP contribution in [0, 0.1) is 5.92 Å². The molecular weight excluding hydrogens is 406 g/mol. The van der Waals surface area contributed by atoms with Crippen molar-refractivity contribution in [1.82, 2.24) is 9.55 Å². The number of hydrogen-bond acceptors (Lipinski definition) is 5. The van der Waals surface area contributed by atoms with E-state index in [-0.39, 0.29) is 12.5 Å². The molecule has 0 spiro atoms. The van der Waals surface area contributed by atoms with Gasteiger partial charge < -0.3 is 14.0 Å². The minimum atomic E-state index is -0.991. The van der Waals surface area contributed by atoms with Crippen molar-refractivity contribution in [1.29, 1.82) is 0 Å². The van der Waals surface area contributed by atoms with E-state index in [0.717, 1.165) is 35.9 Å². The zero-order valence-electron chi connectivity index (χ0n) is 18.8. The van der Waals surface area contributed by atoms with E-state index in [4.69, 9.17) is 14.5 Å². The smallest absolute Gasteiger partial charge is 0.321 e. The Morgan fingerprint density at radius 1 is 1.06 bits per heavy atom. The van der Waals surface area contributed by atoms with E-state index in [1.54, 1.807) is 18.9 Å². The third kappa shape index (κ3) is 3.83. The van der Waals surface area contributed by atoms with E-state index in [1.807, 2.05) is 53.1 Å². The topological polar surface area (TPSA) is 73.7 Å². The number of fused-ring (bicyclic) bond motifs is 3. The number of para-hydroxylation sites is 2. The first-order valence-corrected chi connectivity index (χ1v) is 11.2. The Hall–Kier alpha value is -3.35. The van der Waals surface area contributed by atoms with E-state index in [1.165, 1.54) is 0 Å². The largest absolute Gasteiger partial charge is 0.497 e. The van der Waals surface area contributed by atoms with Crippen molar-refractivity contribution in [2.45, 2.75) is 39.2 Å². The van der Waals surface area contributed by atoms with E-state index in [0.29, 0.717) is 18.2 Å². The number of carbonyl (C=O) groups excluding carboxylic acids is 2. The van der Waals surface area contributed by atoms with Crippen LogP contribution < -0.4 is 9.64 Å². The van der Waals surface area contributed by atoms with Gasteiger partial charge in [-0.1, -0.05) is 44.0 Å². The lowest BCUT2D eigenvalue weighted by Crippen LogP contribution is -2.50. The first-order valence-electron chi connectivity index (χ1n) is 11.2. The molecule has 2 heterocycles. The Morgan fingerprint density at radius 2 is 1.81 bits per heavy atom. The number of amides is 1. The van der Waals surface area contributed by atoms with Gasteiger partial charge in [-0.25, -0.2) is 4.98 Å². The lowest BCUT2D eigenvalue weighted by molar-refractivity contribution is -0.153. The highest BCUT2D eigenvalue weighted by Crippen LogP contribution is 2.41. The third-order valence-corrected chi connectivity index (χ3v) is 5.93. The number of aromatic nitrogens is 2. The maximum absolute atomic E-state index is 13.7. The van der Waals surface area contributed by atoms with Crippen LogP contribution in [0.5, 0.6) is 5.75 Å². The summed E-state index contributed by atoms with van der Waals surface area (Å²) >= 11 is 0. The predicted molar refractivity (Wildman–Crippen MR) is 123 cm³/mol. The molecule has 0 saturated carbocycles. The number of anilines is 1. The van der Waals surface area contributed by atoms with Crippen LogP contribution in [0.3, 0.4) is 0 Å². The molecule has 1 amide bonds. The summed E-state index contributed by atoms with van der Waals surface area (Å²) in [4.78, 5) is 33.3. The van der Waals surface area contributed by atoms with Gasteiger partial charge in [-0.05, 0) is 43.2 Å². The normalized spacial score (nSPS) is 18.0. The summed E-state index contributed by atoms with van der Waals surface area (Å²) in [5, 5.41) is 0. The lowest BCUT2D eigenvalue weighted by atomic mass is 9.89. The number of hydrogen-bond donors (Lipinski definition) is 0. The summed E-state index contributed by atoms with van der Waals surface area (Å²) in [5.41, 5.74) is 2.50. The van der Waals surface area contributed by atoms with Crippen molar-refractivity contribution in [2.75, 3.05) is 25.2 Å². The number of benzene rings is 2. The van der Waals surface area contributed by atoms with E-state index in [9.17, 15) is 9.59 Å². The highest BCUT2D eigenvalue weighted by Gasteiger charge is 2.47.